The second kappa shape index (κ2) is 88.8. The molecule has 0 aromatic heterocycles. The van der Waals surface area contributed by atoms with Crippen molar-refractivity contribution in [2.45, 2.75) is 0 Å². The summed E-state index contributed by atoms with van der Waals surface area (Å²) in [7, 11) is 0. The Labute approximate surface area is 109 Å². The largest absolute Gasteiger partial charge is 3.00 e. The molecule has 0 aliphatic heterocycles. The van der Waals surface area contributed by atoms with Crippen molar-refractivity contribution in [3.63, 3.8) is 0 Å². The Morgan fingerprint density at radius 2 is 0.500 bits per heavy atom. The maximum atomic E-state index is 0. The summed E-state index contributed by atoms with van der Waals surface area (Å²) in [5, 5.41) is 0. The summed E-state index contributed by atoms with van der Waals surface area (Å²) < 4.78 is 0. The van der Waals surface area contributed by atoms with E-state index in [1.807, 2.05) is 0 Å². The number of rotatable bonds is 0. The first-order chi connectivity index (χ1) is 0. The zero-order chi connectivity index (χ0) is 0. The van der Waals surface area contributed by atoms with Crippen LogP contribution >= 0.6 is 47.1 Å². The van der Waals surface area contributed by atoms with E-state index in [4.69, 9.17) is 0 Å². The maximum Gasteiger partial charge on any atom is 3.00 e. The van der Waals surface area contributed by atoms with Crippen molar-refractivity contribution in [3.05, 3.63) is 0 Å². The Morgan fingerprint density at radius 3 is 0.500 bits per heavy atom. The molecule has 0 N–H and O–H groups in total. The van der Waals surface area contributed by atoms with Gasteiger partial charge in [-0.15, -0.1) is 37.2 Å². The summed E-state index contributed by atoms with van der Waals surface area (Å²) in [5.74, 6) is 0. The average Bonchev–Trinajstić information content (AvgIpc) is 0. The van der Waals surface area contributed by atoms with Gasteiger partial charge in [0.05, 0.1) is 0 Å². The van der Waals surface area contributed by atoms with E-state index in [1.165, 1.54) is 0 Å². The molecule has 0 aliphatic carbocycles. The molecule has 1 unspecified atom stereocenters. The molecule has 56 valence electrons. The van der Waals surface area contributed by atoms with Crippen molar-refractivity contribution in [1.82, 2.24) is 0 Å². The van der Waals surface area contributed by atoms with E-state index in [1.54, 1.807) is 0 Å². The van der Waals surface area contributed by atoms with Gasteiger partial charge >= 0.3 is 25.8 Å². The predicted octanol–water partition coefficient (Wildman–Crippen LogP) is -8.05. The van der Waals surface area contributed by atoms with Crippen molar-refractivity contribution in [1.29, 1.82) is 0 Å². The SMILES string of the molecule is Cl.Cl.Cl.P.[Cl-].[Cl-].[Cl-].[In+3]. The molecule has 0 aromatic rings. The number of hydrogen-bond acceptors (Lipinski definition) is 0. The summed E-state index contributed by atoms with van der Waals surface area (Å²) in [5.41, 5.74) is 0. The minimum absolute atomic E-state index is 0. The third-order valence-corrected chi connectivity index (χ3v) is 0. The molecule has 0 saturated carbocycles. The van der Waals surface area contributed by atoms with Crippen LogP contribution in [-0.4, -0.2) is 25.8 Å². The average molecular weight is 365 g/mol. The molecule has 0 aliphatic rings. The fraction of sp³-hybridized carbons (Fsp3) is 0. The Balaban J connectivity index is 0. The number of halogens is 6. The zero-order valence-electron chi connectivity index (χ0n) is 3.64. The third kappa shape index (κ3) is 63.2. The number of hydrogen-bond donors (Lipinski definition) is 0. The van der Waals surface area contributed by atoms with E-state index in [-0.39, 0.29) is 110 Å². The van der Waals surface area contributed by atoms with E-state index < -0.39 is 0 Å². The van der Waals surface area contributed by atoms with Gasteiger partial charge in [0.1, 0.15) is 0 Å². The fourth-order valence-corrected chi connectivity index (χ4v) is 0. The van der Waals surface area contributed by atoms with Crippen LogP contribution in [0, 0.1) is 0 Å². The molecule has 0 bridgehead atoms. The van der Waals surface area contributed by atoms with Crippen LogP contribution in [-0.2, 0) is 0 Å². The topological polar surface area (TPSA) is 0 Å². The van der Waals surface area contributed by atoms with E-state index >= 15 is 0 Å². The van der Waals surface area contributed by atoms with Crippen LogP contribution in [0.3, 0.4) is 0 Å². The van der Waals surface area contributed by atoms with Crippen LogP contribution in [0.2, 0.25) is 0 Å². The first-order valence-electron chi connectivity index (χ1n) is 0. The Hall–Kier alpha value is 3.04. The van der Waals surface area contributed by atoms with Gasteiger partial charge in [-0.05, 0) is 0 Å². The summed E-state index contributed by atoms with van der Waals surface area (Å²) in [6.45, 7) is 0. The third-order valence-electron chi connectivity index (χ3n) is 0. The van der Waals surface area contributed by atoms with Crippen LogP contribution in [0.5, 0.6) is 0 Å². The summed E-state index contributed by atoms with van der Waals surface area (Å²) in [6.07, 6.45) is 0. The standard InChI is InChI=1S/6ClH.In.H3P/h6*1H;;1H3/q;;;;;;+3;/p-3. The minimum Gasteiger partial charge on any atom is -1.00 e. The predicted molar refractivity (Wildman–Crippen MR) is 38.6 cm³/mol. The molecule has 0 rings (SSSR count). The normalized spacial score (nSPS) is 0. The molecule has 0 aromatic carbocycles. The molecule has 8 heteroatoms. The quantitative estimate of drug-likeness (QED) is 0.375. The van der Waals surface area contributed by atoms with E-state index in [0.717, 1.165) is 0 Å². The van der Waals surface area contributed by atoms with Crippen LogP contribution in [0.1, 0.15) is 0 Å². The van der Waals surface area contributed by atoms with Crippen LogP contribution in [0.4, 0.5) is 0 Å². The smallest absolute Gasteiger partial charge is 1.00 e. The summed E-state index contributed by atoms with van der Waals surface area (Å²) in [6, 6.07) is 0. The molecule has 0 heterocycles. The Morgan fingerprint density at radius 1 is 0.500 bits per heavy atom. The van der Waals surface area contributed by atoms with Gasteiger partial charge in [-0.1, -0.05) is 0 Å². The molecule has 0 fully saturated rings. The van der Waals surface area contributed by atoms with Gasteiger partial charge in [-0.3, -0.25) is 0 Å². The fourth-order valence-electron chi connectivity index (χ4n) is 0. The van der Waals surface area contributed by atoms with E-state index in [2.05, 4.69) is 0 Å². The van der Waals surface area contributed by atoms with Gasteiger partial charge in [-0.2, -0.15) is 9.90 Å². The molecule has 0 amide bonds. The second-order valence-electron chi connectivity index (χ2n) is 0. The maximum absolute atomic E-state index is 0. The van der Waals surface area contributed by atoms with Crippen molar-refractivity contribution in [3.8, 4) is 0 Å². The van der Waals surface area contributed by atoms with E-state index in [9.17, 15) is 0 Å². The minimum atomic E-state index is 0. The monoisotopic (exact) mass is 362 g/mol. The second-order valence-corrected chi connectivity index (χ2v) is 0. The van der Waals surface area contributed by atoms with Gasteiger partial charge < -0.3 is 37.2 Å². The van der Waals surface area contributed by atoms with Crippen LogP contribution < -0.4 is 37.2 Å². The molecule has 1 atom stereocenters. The molecule has 0 radical (unpaired) electrons. The van der Waals surface area contributed by atoms with Crippen molar-refractivity contribution in [2.75, 3.05) is 0 Å². The first kappa shape index (κ1) is 120. The van der Waals surface area contributed by atoms with Gasteiger partial charge in [0.15, 0.2) is 0 Å². The van der Waals surface area contributed by atoms with Gasteiger partial charge in [0.2, 0.25) is 0 Å². The van der Waals surface area contributed by atoms with E-state index in [0.29, 0.717) is 0 Å². The van der Waals surface area contributed by atoms with Crippen molar-refractivity contribution in [2.24, 2.45) is 0 Å². The molecular weight excluding hydrogens is 359 g/mol. The first-order valence-corrected chi connectivity index (χ1v) is 0. The van der Waals surface area contributed by atoms with Gasteiger partial charge in [-0.25, -0.2) is 0 Å². The summed E-state index contributed by atoms with van der Waals surface area (Å²) in [4.78, 5) is 0. The van der Waals surface area contributed by atoms with Crippen molar-refractivity contribution >= 4 is 73.0 Å². The Kier molecular flexibility index (Phi) is 1340. The van der Waals surface area contributed by atoms with Crippen molar-refractivity contribution < 1.29 is 37.2 Å². The summed E-state index contributed by atoms with van der Waals surface area (Å²) >= 11 is 0. The molecule has 0 spiro atoms. The molecule has 8 heavy (non-hydrogen) atoms. The van der Waals surface area contributed by atoms with Gasteiger partial charge in [0, 0.05) is 0 Å². The van der Waals surface area contributed by atoms with Crippen LogP contribution in [0.15, 0.2) is 0 Å². The molecule has 0 saturated heterocycles. The molecule has 0 nitrogen and oxygen atoms in total. The van der Waals surface area contributed by atoms with Crippen LogP contribution in [0.25, 0.3) is 0 Å². The zero-order valence-corrected chi connectivity index (χ0v) is 13.1. The Bertz CT molecular complexity index is 8.49. The van der Waals surface area contributed by atoms with Gasteiger partial charge in [0.25, 0.3) is 0 Å². The molecular formula is H6Cl6InP.